The van der Waals surface area contributed by atoms with Gasteiger partial charge >= 0.3 is 12.0 Å². The van der Waals surface area contributed by atoms with Gasteiger partial charge in [-0.05, 0) is 29.0 Å². The predicted molar refractivity (Wildman–Crippen MR) is 102 cm³/mol. The number of benzene rings is 3. The Kier molecular flexibility index (Phi) is 4.50. The van der Waals surface area contributed by atoms with E-state index in [1.54, 1.807) is 60.7 Å². The van der Waals surface area contributed by atoms with Crippen LogP contribution in [0.25, 0.3) is 33.9 Å². The van der Waals surface area contributed by atoms with Crippen molar-refractivity contribution in [1.82, 2.24) is 4.73 Å². The highest BCUT2D eigenvalue weighted by Crippen LogP contribution is 2.35. The standard InChI is InChI=1S/C22H15F3N2O2/c23-22(24,25)18-13-11-17(12-14-18)21-26(28)19(15-7-3-1-4-8-15)20(27(21)29)16-9-5-2-6-10-16/h1-14,28H. The SMILES string of the molecule is [O-][n+]1c(-c2ccccc2)c(-c2ccccc2)n(O)c1-c1ccc(C(F)(F)F)cc1. The van der Waals surface area contributed by atoms with Crippen LogP contribution in [0.1, 0.15) is 5.56 Å². The van der Waals surface area contributed by atoms with Gasteiger partial charge in [-0.15, -0.1) is 0 Å². The second-order valence-corrected chi connectivity index (χ2v) is 6.43. The molecule has 29 heavy (non-hydrogen) atoms. The molecule has 1 N–H and O–H groups in total. The zero-order valence-electron chi connectivity index (χ0n) is 15.0. The largest absolute Gasteiger partial charge is 0.710 e. The maximum atomic E-state index is 13.2. The van der Waals surface area contributed by atoms with Crippen LogP contribution in [0.2, 0.25) is 0 Å². The van der Waals surface area contributed by atoms with Crippen molar-refractivity contribution in [3.05, 3.63) is 95.7 Å². The minimum absolute atomic E-state index is 0.162. The second kappa shape index (κ2) is 7.01. The molecule has 146 valence electrons. The third kappa shape index (κ3) is 3.31. The number of aromatic nitrogens is 2. The molecule has 0 radical (unpaired) electrons. The quantitative estimate of drug-likeness (QED) is 0.287. The van der Waals surface area contributed by atoms with Crippen LogP contribution in [-0.2, 0) is 6.18 Å². The van der Waals surface area contributed by atoms with Crippen molar-refractivity contribution < 1.29 is 23.1 Å². The molecule has 0 aliphatic rings. The highest BCUT2D eigenvalue weighted by molar-refractivity contribution is 5.78. The summed E-state index contributed by atoms with van der Waals surface area (Å²) in [5, 5.41) is 24.0. The van der Waals surface area contributed by atoms with Crippen LogP contribution in [0.5, 0.6) is 0 Å². The predicted octanol–water partition coefficient (Wildman–Crippen LogP) is 5.38. The number of imidazole rings is 1. The number of hydrogen-bond acceptors (Lipinski definition) is 2. The van der Waals surface area contributed by atoms with Crippen LogP contribution in [0, 0.1) is 5.21 Å². The molecular formula is C22H15F3N2O2. The number of nitrogens with zero attached hydrogens (tertiary/aromatic N) is 2. The fourth-order valence-corrected chi connectivity index (χ4v) is 3.25. The van der Waals surface area contributed by atoms with E-state index < -0.39 is 11.7 Å². The topological polar surface area (TPSA) is 52.1 Å². The lowest BCUT2D eigenvalue weighted by Crippen LogP contribution is -2.30. The average molecular weight is 396 g/mol. The van der Waals surface area contributed by atoms with E-state index in [2.05, 4.69) is 0 Å². The number of halogens is 3. The summed E-state index contributed by atoms with van der Waals surface area (Å²) in [6.07, 6.45) is -4.49. The molecule has 0 unspecified atom stereocenters. The smallest absolute Gasteiger partial charge is 0.416 e. The van der Waals surface area contributed by atoms with Gasteiger partial charge in [0.05, 0.1) is 11.1 Å². The third-order valence-electron chi connectivity index (χ3n) is 4.60. The van der Waals surface area contributed by atoms with Crippen LogP contribution < -0.4 is 4.73 Å². The van der Waals surface area contributed by atoms with Gasteiger partial charge in [-0.25, -0.2) is 4.73 Å². The van der Waals surface area contributed by atoms with E-state index in [0.29, 0.717) is 15.9 Å². The normalized spacial score (nSPS) is 11.6. The lowest BCUT2D eigenvalue weighted by atomic mass is 10.1. The van der Waals surface area contributed by atoms with Crippen molar-refractivity contribution in [2.75, 3.05) is 0 Å². The Morgan fingerprint density at radius 2 is 1.24 bits per heavy atom. The van der Waals surface area contributed by atoms with E-state index in [-0.39, 0.29) is 22.8 Å². The average Bonchev–Trinajstić information content (AvgIpc) is 2.99. The highest BCUT2D eigenvalue weighted by atomic mass is 19.4. The van der Waals surface area contributed by atoms with Crippen LogP contribution in [0.4, 0.5) is 13.2 Å². The Balaban J connectivity index is 1.96. The first-order valence-electron chi connectivity index (χ1n) is 8.74. The van der Waals surface area contributed by atoms with Crippen LogP contribution >= 0.6 is 0 Å². The Morgan fingerprint density at radius 1 is 0.724 bits per heavy atom. The van der Waals surface area contributed by atoms with Crippen molar-refractivity contribution in [2.24, 2.45) is 0 Å². The van der Waals surface area contributed by atoms with E-state index in [1.165, 1.54) is 12.1 Å². The number of hydrogen-bond donors (Lipinski definition) is 1. The molecular weight excluding hydrogens is 381 g/mol. The molecule has 1 aromatic heterocycles. The summed E-state index contributed by atoms with van der Waals surface area (Å²) in [5.74, 6) is -0.170. The van der Waals surface area contributed by atoms with Gasteiger partial charge < -0.3 is 10.4 Å². The van der Waals surface area contributed by atoms with E-state index in [1.807, 2.05) is 0 Å². The van der Waals surface area contributed by atoms with E-state index in [4.69, 9.17) is 0 Å². The molecule has 0 bridgehead atoms. The molecule has 0 aliphatic heterocycles. The highest BCUT2D eigenvalue weighted by Gasteiger charge is 2.33. The molecule has 4 aromatic rings. The minimum Gasteiger partial charge on any atom is -0.710 e. The van der Waals surface area contributed by atoms with E-state index >= 15 is 0 Å². The van der Waals surface area contributed by atoms with Crippen molar-refractivity contribution >= 4 is 0 Å². The van der Waals surface area contributed by atoms with Gasteiger partial charge in [-0.2, -0.15) is 13.2 Å². The lowest BCUT2D eigenvalue weighted by Gasteiger charge is -2.08. The molecule has 0 spiro atoms. The molecule has 7 heteroatoms. The third-order valence-corrected chi connectivity index (χ3v) is 4.60. The summed E-state index contributed by atoms with van der Waals surface area (Å²) in [4.78, 5) is 0. The van der Waals surface area contributed by atoms with Crippen LogP contribution in [0.15, 0.2) is 84.9 Å². The minimum atomic E-state index is -4.49. The fraction of sp³-hybridized carbons (Fsp3) is 0.0455. The van der Waals surface area contributed by atoms with Gasteiger partial charge in [-0.1, -0.05) is 60.7 Å². The molecule has 0 atom stereocenters. The monoisotopic (exact) mass is 396 g/mol. The first-order chi connectivity index (χ1) is 13.9. The molecule has 4 rings (SSSR count). The van der Waals surface area contributed by atoms with Gasteiger partial charge in [0, 0.05) is 11.1 Å². The summed E-state index contributed by atoms with van der Waals surface area (Å²) >= 11 is 0. The van der Waals surface area contributed by atoms with Crippen LogP contribution in [-0.4, -0.2) is 9.94 Å². The maximum absolute atomic E-state index is 13.2. The molecule has 1 heterocycles. The molecule has 0 amide bonds. The summed E-state index contributed by atoms with van der Waals surface area (Å²) in [5.41, 5.74) is 0.950. The Labute approximate surface area is 164 Å². The molecule has 0 fully saturated rings. The zero-order valence-corrected chi connectivity index (χ0v) is 15.0. The first-order valence-corrected chi connectivity index (χ1v) is 8.74. The second-order valence-electron chi connectivity index (χ2n) is 6.43. The molecule has 3 aromatic carbocycles. The van der Waals surface area contributed by atoms with E-state index in [9.17, 15) is 23.6 Å². The Morgan fingerprint density at radius 3 is 1.76 bits per heavy atom. The summed E-state index contributed by atoms with van der Waals surface area (Å²) in [7, 11) is 0. The van der Waals surface area contributed by atoms with E-state index in [0.717, 1.165) is 16.9 Å². The first kappa shape index (κ1) is 18.6. The van der Waals surface area contributed by atoms with Crippen molar-refractivity contribution in [3.8, 4) is 33.9 Å². The van der Waals surface area contributed by atoms with Gasteiger partial charge in [-0.3, -0.25) is 0 Å². The van der Waals surface area contributed by atoms with Gasteiger partial charge in [0.25, 0.3) is 0 Å². The van der Waals surface area contributed by atoms with Gasteiger partial charge in [0.1, 0.15) is 0 Å². The number of alkyl halides is 3. The summed E-state index contributed by atoms with van der Waals surface area (Å²) in [6.45, 7) is 0. The van der Waals surface area contributed by atoms with Crippen molar-refractivity contribution in [2.45, 2.75) is 6.18 Å². The summed E-state index contributed by atoms with van der Waals surface area (Å²) < 4.78 is 39.9. The fourth-order valence-electron chi connectivity index (χ4n) is 3.25. The van der Waals surface area contributed by atoms with Gasteiger partial charge in [0.15, 0.2) is 5.69 Å². The molecule has 0 saturated carbocycles. The van der Waals surface area contributed by atoms with Crippen molar-refractivity contribution in [1.29, 1.82) is 0 Å². The number of rotatable bonds is 3. The maximum Gasteiger partial charge on any atom is 0.416 e. The summed E-state index contributed by atoms with van der Waals surface area (Å²) in [6, 6.07) is 21.7. The zero-order chi connectivity index (χ0) is 20.6. The lowest BCUT2D eigenvalue weighted by molar-refractivity contribution is -0.582. The van der Waals surface area contributed by atoms with Crippen molar-refractivity contribution in [3.63, 3.8) is 0 Å². The molecule has 4 nitrogen and oxygen atoms in total. The van der Waals surface area contributed by atoms with Gasteiger partial charge in [0.2, 0.25) is 5.69 Å². The Hall–Kier alpha value is -3.74. The van der Waals surface area contributed by atoms with Crippen LogP contribution in [0.3, 0.4) is 0 Å². The molecule has 0 aliphatic carbocycles. The molecule has 0 saturated heterocycles. The Bertz CT molecular complexity index is 1070.